The van der Waals surface area contributed by atoms with E-state index in [-0.39, 0.29) is 0 Å². The van der Waals surface area contributed by atoms with Gasteiger partial charge < -0.3 is 4.74 Å². The maximum atomic E-state index is 8.62. The van der Waals surface area contributed by atoms with Gasteiger partial charge in [0.1, 0.15) is 11.2 Å². The van der Waals surface area contributed by atoms with Crippen molar-refractivity contribution in [1.82, 2.24) is 0 Å². The molecule has 4 heteroatoms. The minimum absolute atomic E-state index is 0.418. The molecule has 0 aliphatic rings. The van der Waals surface area contributed by atoms with Gasteiger partial charge >= 0.3 is 0 Å². The maximum absolute atomic E-state index is 8.62. The lowest BCUT2D eigenvalue weighted by atomic mass is 9.96. The third-order valence-corrected chi connectivity index (χ3v) is 4.50. The first kappa shape index (κ1) is 16.2. The van der Waals surface area contributed by atoms with E-state index in [9.17, 15) is 0 Å². The fraction of sp³-hybridized carbons (Fsp3) is 0.533. The lowest BCUT2D eigenvalue weighted by molar-refractivity contribution is 0.334. The van der Waals surface area contributed by atoms with Crippen molar-refractivity contribution in [1.29, 1.82) is 5.26 Å². The summed E-state index contributed by atoms with van der Waals surface area (Å²) in [4.78, 5) is 0. The smallest absolute Gasteiger partial charge is 0.133 e. The van der Waals surface area contributed by atoms with Crippen LogP contribution in [-0.4, -0.2) is 12.4 Å². The van der Waals surface area contributed by atoms with Crippen LogP contribution >= 0.6 is 23.4 Å². The number of hydrogen-bond acceptors (Lipinski definition) is 3. The molecule has 1 unspecified atom stereocenters. The van der Waals surface area contributed by atoms with Gasteiger partial charge in [0.15, 0.2) is 0 Å². The number of nitrogens with zero attached hydrogens (tertiary/aromatic N) is 1. The van der Waals surface area contributed by atoms with Gasteiger partial charge in [0.2, 0.25) is 0 Å². The second kappa shape index (κ2) is 7.67. The number of hydrogen-bond donors (Lipinski definition) is 0. The summed E-state index contributed by atoms with van der Waals surface area (Å²) in [6, 6.07) is 2.01. The Morgan fingerprint density at radius 2 is 2.16 bits per heavy atom. The highest BCUT2D eigenvalue weighted by atomic mass is 35.5. The molecule has 0 aliphatic carbocycles. The van der Waals surface area contributed by atoms with Gasteiger partial charge in [-0.3, -0.25) is 0 Å². The van der Waals surface area contributed by atoms with Crippen molar-refractivity contribution in [3.05, 3.63) is 27.8 Å². The van der Waals surface area contributed by atoms with E-state index in [1.807, 2.05) is 26.8 Å². The SMILES string of the molecule is CCOc1cc(C)c(Cl)c(C)c1CC(C)CSC#N. The van der Waals surface area contributed by atoms with Crippen LogP contribution in [0.15, 0.2) is 6.07 Å². The zero-order chi connectivity index (χ0) is 14.4. The molecule has 0 bridgehead atoms. The van der Waals surface area contributed by atoms with Crippen molar-refractivity contribution in [2.24, 2.45) is 5.92 Å². The Bertz CT molecular complexity index is 482. The predicted molar refractivity (Wildman–Crippen MR) is 83.0 cm³/mol. The largest absolute Gasteiger partial charge is 0.494 e. The van der Waals surface area contributed by atoms with Gasteiger partial charge in [-0.05, 0) is 67.6 Å². The summed E-state index contributed by atoms with van der Waals surface area (Å²) in [6.07, 6.45) is 0.885. The molecule has 1 aromatic carbocycles. The Kier molecular flexibility index (Phi) is 6.54. The molecule has 0 spiro atoms. The molecule has 0 aromatic heterocycles. The highest BCUT2D eigenvalue weighted by Gasteiger charge is 2.15. The molecular weight excluding hydrogens is 278 g/mol. The van der Waals surface area contributed by atoms with E-state index in [1.165, 1.54) is 17.3 Å². The van der Waals surface area contributed by atoms with Crippen molar-refractivity contribution in [2.45, 2.75) is 34.1 Å². The highest BCUT2D eigenvalue weighted by molar-refractivity contribution is 8.03. The zero-order valence-electron chi connectivity index (χ0n) is 11.9. The first-order valence-corrected chi connectivity index (χ1v) is 7.79. The first-order chi connectivity index (χ1) is 9.01. The highest BCUT2D eigenvalue weighted by Crippen LogP contribution is 2.33. The molecular formula is C15H20ClNOS. The van der Waals surface area contributed by atoms with Crippen LogP contribution in [-0.2, 0) is 6.42 Å². The monoisotopic (exact) mass is 297 g/mol. The average molecular weight is 298 g/mol. The van der Waals surface area contributed by atoms with Gasteiger partial charge in [-0.2, -0.15) is 5.26 Å². The Hall–Kier alpha value is -0.850. The number of rotatable bonds is 6. The van der Waals surface area contributed by atoms with Gasteiger partial charge in [0.05, 0.1) is 6.61 Å². The number of aryl methyl sites for hydroxylation is 1. The number of halogens is 1. The van der Waals surface area contributed by atoms with Gasteiger partial charge in [-0.25, -0.2) is 0 Å². The van der Waals surface area contributed by atoms with Crippen LogP contribution in [0.4, 0.5) is 0 Å². The van der Waals surface area contributed by atoms with Crippen LogP contribution in [0.5, 0.6) is 5.75 Å². The molecule has 1 rings (SSSR count). The molecule has 19 heavy (non-hydrogen) atoms. The van der Waals surface area contributed by atoms with Crippen LogP contribution in [0, 0.1) is 30.4 Å². The molecule has 0 heterocycles. The van der Waals surface area contributed by atoms with Gasteiger partial charge in [-0.1, -0.05) is 18.5 Å². The number of thioether (sulfide) groups is 1. The van der Waals surface area contributed by atoms with Gasteiger partial charge in [0.25, 0.3) is 0 Å². The number of thiocyanates is 1. The normalized spacial score (nSPS) is 12.0. The van der Waals surface area contributed by atoms with E-state index in [0.29, 0.717) is 12.5 Å². The van der Waals surface area contributed by atoms with Crippen LogP contribution in [0.3, 0.4) is 0 Å². The topological polar surface area (TPSA) is 33.0 Å². The van der Waals surface area contributed by atoms with Crippen molar-refractivity contribution in [3.63, 3.8) is 0 Å². The van der Waals surface area contributed by atoms with Gasteiger partial charge in [0, 0.05) is 10.8 Å². The summed E-state index contributed by atoms with van der Waals surface area (Å²) >= 11 is 7.63. The molecule has 0 amide bonds. The van der Waals surface area contributed by atoms with Crippen molar-refractivity contribution in [2.75, 3.05) is 12.4 Å². The van der Waals surface area contributed by atoms with E-state index in [4.69, 9.17) is 21.6 Å². The predicted octanol–water partition coefficient (Wildman–Crippen LogP) is 4.75. The summed E-state index contributed by atoms with van der Waals surface area (Å²) in [5.74, 6) is 2.17. The van der Waals surface area contributed by atoms with E-state index in [0.717, 1.165) is 34.1 Å². The summed E-state index contributed by atoms with van der Waals surface area (Å²) < 4.78 is 5.73. The third-order valence-electron chi connectivity index (χ3n) is 3.06. The quantitative estimate of drug-likeness (QED) is 0.711. The second-order valence-electron chi connectivity index (χ2n) is 4.75. The summed E-state index contributed by atoms with van der Waals surface area (Å²) in [5, 5.41) is 11.6. The molecule has 0 saturated heterocycles. The molecule has 104 valence electrons. The Morgan fingerprint density at radius 3 is 2.74 bits per heavy atom. The summed E-state index contributed by atoms with van der Waals surface area (Å²) in [7, 11) is 0. The molecule has 0 aliphatic heterocycles. The minimum atomic E-state index is 0.418. The van der Waals surface area contributed by atoms with Crippen molar-refractivity contribution in [3.8, 4) is 11.2 Å². The van der Waals surface area contributed by atoms with E-state index >= 15 is 0 Å². The fourth-order valence-electron chi connectivity index (χ4n) is 2.09. The zero-order valence-corrected chi connectivity index (χ0v) is 13.5. The molecule has 1 aromatic rings. The first-order valence-electron chi connectivity index (χ1n) is 6.43. The summed E-state index contributed by atoms with van der Waals surface area (Å²) in [6.45, 7) is 8.81. The molecule has 0 radical (unpaired) electrons. The third kappa shape index (κ3) is 4.33. The number of benzene rings is 1. The number of ether oxygens (including phenoxy) is 1. The van der Waals surface area contributed by atoms with E-state index in [2.05, 4.69) is 12.3 Å². The average Bonchev–Trinajstić information content (AvgIpc) is 2.38. The van der Waals surface area contributed by atoms with Crippen LogP contribution in [0.2, 0.25) is 5.02 Å². The summed E-state index contributed by atoms with van der Waals surface area (Å²) in [5.41, 5.74) is 3.31. The van der Waals surface area contributed by atoms with E-state index in [1.54, 1.807) is 0 Å². The molecule has 0 fully saturated rings. The Balaban J connectivity index is 3.03. The maximum Gasteiger partial charge on any atom is 0.133 e. The Labute approximate surface area is 125 Å². The van der Waals surface area contributed by atoms with Crippen molar-refractivity contribution < 1.29 is 4.74 Å². The molecule has 1 atom stereocenters. The number of nitriles is 1. The lowest BCUT2D eigenvalue weighted by Gasteiger charge is -2.18. The van der Waals surface area contributed by atoms with Gasteiger partial charge in [-0.15, -0.1) is 0 Å². The molecule has 2 nitrogen and oxygen atoms in total. The van der Waals surface area contributed by atoms with Crippen LogP contribution < -0.4 is 4.74 Å². The Morgan fingerprint density at radius 1 is 1.47 bits per heavy atom. The van der Waals surface area contributed by atoms with E-state index < -0.39 is 0 Å². The van der Waals surface area contributed by atoms with Crippen LogP contribution in [0.1, 0.15) is 30.5 Å². The molecule has 0 N–H and O–H groups in total. The standard InChI is InChI=1S/C15H20ClNOS/c1-5-18-14-7-11(3)15(16)12(4)13(14)6-10(2)8-19-9-17/h7,10H,5-6,8H2,1-4H3. The van der Waals surface area contributed by atoms with Crippen LogP contribution in [0.25, 0.3) is 0 Å². The second-order valence-corrected chi connectivity index (χ2v) is 5.94. The minimum Gasteiger partial charge on any atom is -0.494 e. The molecule has 0 saturated carbocycles. The van der Waals surface area contributed by atoms with Crippen molar-refractivity contribution >= 4 is 23.4 Å². The lowest BCUT2D eigenvalue weighted by Crippen LogP contribution is -2.08. The fourth-order valence-corrected chi connectivity index (χ4v) is 2.73.